The van der Waals surface area contributed by atoms with Gasteiger partial charge in [0.1, 0.15) is 24.2 Å². The molecule has 0 spiro atoms. The Bertz CT molecular complexity index is 1150. The van der Waals surface area contributed by atoms with Crippen molar-refractivity contribution >= 4 is 40.5 Å². The van der Waals surface area contributed by atoms with E-state index in [1.165, 1.54) is 0 Å². The Labute approximate surface area is 225 Å². The number of hydrogen-bond acceptors (Lipinski definition) is 8. The average molecular weight is 548 g/mol. The fourth-order valence-corrected chi connectivity index (χ4v) is 3.94. The fraction of sp³-hybridized carbons (Fsp3) is 0.480. The van der Waals surface area contributed by atoms with E-state index in [1.54, 1.807) is 6.20 Å². The van der Waals surface area contributed by atoms with E-state index in [9.17, 15) is 29.1 Å². The van der Waals surface area contributed by atoms with Gasteiger partial charge in [0.05, 0.1) is 6.61 Å². The third-order valence-corrected chi connectivity index (χ3v) is 6.14. The number of nitrogens with two attached hydrogens (primary N) is 3. The molecule has 0 aliphatic heterocycles. The molecule has 4 atom stereocenters. The van der Waals surface area contributed by atoms with Crippen LogP contribution in [0.2, 0.25) is 0 Å². The average Bonchev–Trinajstić information content (AvgIpc) is 3.31. The molecule has 14 heteroatoms. The van der Waals surface area contributed by atoms with Gasteiger partial charge in [-0.3, -0.25) is 19.2 Å². The molecule has 1 aromatic heterocycles. The van der Waals surface area contributed by atoms with Crippen LogP contribution in [-0.4, -0.2) is 82.1 Å². The molecule has 1 heterocycles. The van der Waals surface area contributed by atoms with E-state index in [-0.39, 0.29) is 25.7 Å². The summed E-state index contributed by atoms with van der Waals surface area (Å²) in [5.74, 6) is -4.35. The fourth-order valence-electron chi connectivity index (χ4n) is 3.94. The Balaban J connectivity index is 2.19. The topological polar surface area (TPSA) is 256 Å². The molecule has 1 aromatic carbocycles. The summed E-state index contributed by atoms with van der Waals surface area (Å²) in [5.41, 5.74) is 17.7. The second-order valence-electron chi connectivity index (χ2n) is 9.16. The molecule has 2 rings (SSSR count). The minimum atomic E-state index is -1.31. The van der Waals surface area contributed by atoms with Crippen molar-refractivity contribution in [3.05, 3.63) is 36.0 Å². The minimum Gasteiger partial charge on any atom is -0.480 e. The first-order chi connectivity index (χ1) is 18.6. The number of primary amides is 1. The summed E-state index contributed by atoms with van der Waals surface area (Å²) in [6, 6.07) is 2.29. The van der Waals surface area contributed by atoms with E-state index in [4.69, 9.17) is 22.3 Å². The lowest BCUT2D eigenvalue weighted by atomic mass is 10.0. The van der Waals surface area contributed by atoms with Gasteiger partial charge >= 0.3 is 5.97 Å². The molecular weight excluding hydrogens is 510 g/mol. The van der Waals surface area contributed by atoms with Gasteiger partial charge in [0, 0.05) is 29.9 Å². The monoisotopic (exact) mass is 547 g/mol. The number of aliphatic hydroxyl groups is 1. The summed E-state index contributed by atoms with van der Waals surface area (Å²) in [6.45, 7) is -0.329. The Morgan fingerprint density at radius 3 is 2.13 bits per heavy atom. The normalized spacial score (nSPS) is 14.1. The van der Waals surface area contributed by atoms with Crippen molar-refractivity contribution in [2.45, 2.75) is 62.7 Å². The number of para-hydroxylation sites is 1. The number of hydrogen-bond donors (Lipinski definition) is 9. The number of fused-ring (bicyclic) bond motifs is 1. The van der Waals surface area contributed by atoms with Crippen molar-refractivity contribution in [3.63, 3.8) is 0 Å². The molecule has 12 N–H and O–H groups in total. The van der Waals surface area contributed by atoms with Crippen molar-refractivity contribution in [2.24, 2.45) is 17.2 Å². The van der Waals surface area contributed by atoms with Crippen molar-refractivity contribution in [1.82, 2.24) is 20.9 Å². The highest BCUT2D eigenvalue weighted by atomic mass is 16.4. The number of aromatic amines is 1. The first kappa shape index (κ1) is 31.2. The third kappa shape index (κ3) is 9.67. The van der Waals surface area contributed by atoms with E-state index in [0.717, 1.165) is 10.9 Å². The predicted molar refractivity (Wildman–Crippen MR) is 142 cm³/mol. The number of carbonyl (C=O) groups is 5. The van der Waals surface area contributed by atoms with Crippen LogP contribution in [0.15, 0.2) is 30.5 Å². The number of carboxylic acids is 1. The number of nitrogens with one attached hydrogen (secondary N) is 4. The molecule has 0 saturated heterocycles. The molecular formula is C25H37N7O7. The van der Waals surface area contributed by atoms with Crippen molar-refractivity contribution < 1.29 is 34.2 Å². The van der Waals surface area contributed by atoms with Gasteiger partial charge in [-0.25, -0.2) is 4.79 Å². The number of amides is 4. The van der Waals surface area contributed by atoms with Crippen LogP contribution in [0.3, 0.4) is 0 Å². The number of unbranched alkanes of at least 4 members (excludes halogenated alkanes) is 1. The largest absolute Gasteiger partial charge is 0.480 e. The molecule has 39 heavy (non-hydrogen) atoms. The molecule has 0 aliphatic rings. The second kappa shape index (κ2) is 15.4. The molecule has 0 fully saturated rings. The van der Waals surface area contributed by atoms with Gasteiger partial charge in [-0.05, 0) is 43.9 Å². The Kier molecular flexibility index (Phi) is 12.3. The molecule has 4 amide bonds. The number of aliphatic hydroxyl groups excluding tert-OH is 1. The molecule has 2 aromatic rings. The zero-order valence-electron chi connectivity index (χ0n) is 21.5. The lowest BCUT2D eigenvalue weighted by Crippen LogP contribution is -2.57. The Morgan fingerprint density at radius 1 is 0.897 bits per heavy atom. The Hall–Kier alpha value is -4.01. The summed E-state index contributed by atoms with van der Waals surface area (Å²) in [4.78, 5) is 64.8. The molecule has 4 unspecified atom stereocenters. The smallest absolute Gasteiger partial charge is 0.326 e. The second-order valence-corrected chi connectivity index (χ2v) is 9.16. The number of H-pyrrole nitrogens is 1. The molecule has 0 saturated carbocycles. The molecule has 214 valence electrons. The first-order valence-electron chi connectivity index (χ1n) is 12.6. The summed E-state index contributed by atoms with van der Waals surface area (Å²) >= 11 is 0. The number of benzene rings is 1. The van der Waals surface area contributed by atoms with Gasteiger partial charge < -0.3 is 48.3 Å². The van der Waals surface area contributed by atoms with Gasteiger partial charge in [-0.2, -0.15) is 0 Å². The third-order valence-electron chi connectivity index (χ3n) is 6.14. The molecule has 14 nitrogen and oxygen atoms in total. The van der Waals surface area contributed by atoms with Gasteiger partial charge in [-0.15, -0.1) is 0 Å². The molecule has 0 aliphatic carbocycles. The van der Waals surface area contributed by atoms with E-state index in [0.29, 0.717) is 24.9 Å². The van der Waals surface area contributed by atoms with Gasteiger partial charge in [0.15, 0.2) is 0 Å². The van der Waals surface area contributed by atoms with Crippen LogP contribution in [-0.2, 0) is 30.4 Å². The number of rotatable bonds is 17. The first-order valence-corrected chi connectivity index (χ1v) is 12.6. The summed E-state index contributed by atoms with van der Waals surface area (Å²) in [7, 11) is 0. The van der Waals surface area contributed by atoms with Crippen molar-refractivity contribution in [3.8, 4) is 0 Å². The molecule has 0 bridgehead atoms. The van der Waals surface area contributed by atoms with Crippen LogP contribution in [0.1, 0.15) is 37.7 Å². The Morgan fingerprint density at radius 2 is 1.51 bits per heavy atom. The van der Waals surface area contributed by atoms with Crippen LogP contribution in [0, 0.1) is 0 Å². The van der Waals surface area contributed by atoms with E-state index in [2.05, 4.69) is 20.9 Å². The van der Waals surface area contributed by atoms with Crippen molar-refractivity contribution in [1.29, 1.82) is 0 Å². The lowest BCUT2D eigenvalue weighted by molar-refractivity contribution is -0.142. The van der Waals surface area contributed by atoms with Crippen LogP contribution >= 0.6 is 0 Å². The zero-order chi connectivity index (χ0) is 28.9. The number of aliphatic carboxylic acids is 1. The van der Waals surface area contributed by atoms with Crippen LogP contribution in [0.5, 0.6) is 0 Å². The summed E-state index contributed by atoms with van der Waals surface area (Å²) in [6.07, 6.45) is 2.37. The van der Waals surface area contributed by atoms with E-state index < -0.39 is 60.4 Å². The van der Waals surface area contributed by atoms with Crippen LogP contribution < -0.4 is 33.2 Å². The summed E-state index contributed by atoms with van der Waals surface area (Å²) < 4.78 is 0. The highest BCUT2D eigenvalue weighted by Gasteiger charge is 2.30. The van der Waals surface area contributed by atoms with Crippen molar-refractivity contribution in [2.75, 3.05) is 13.2 Å². The molecule has 0 radical (unpaired) electrons. The van der Waals surface area contributed by atoms with E-state index >= 15 is 0 Å². The van der Waals surface area contributed by atoms with Gasteiger partial charge in [0.25, 0.3) is 0 Å². The van der Waals surface area contributed by atoms with Gasteiger partial charge in [0.2, 0.25) is 23.6 Å². The maximum atomic E-state index is 13.2. The SMILES string of the molecule is NCCCCC(NC(=O)C(CCC(N)=O)NC(=O)C(N)CO)C(=O)NC(Cc1c[nH]c2ccccc12)C(=O)O. The zero-order valence-corrected chi connectivity index (χ0v) is 21.5. The number of aromatic nitrogens is 1. The number of carboxylic acid groups (broad SMARTS) is 1. The predicted octanol–water partition coefficient (Wildman–Crippen LogP) is -2.04. The highest BCUT2D eigenvalue weighted by molar-refractivity contribution is 5.94. The van der Waals surface area contributed by atoms with Gasteiger partial charge in [-0.1, -0.05) is 18.2 Å². The maximum absolute atomic E-state index is 13.2. The summed E-state index contributed by atoms with van der Waals surface area (Å²) in [5, 5.41) is 27.1. The number of carbonyl (C=O) groups excluding carboxylic acids is 4. The minimum absolute atomic E-state index is 0.00903. The maximum Gasteiger partial charge on any atom is 0.326 e. The quantitative estimate of drug-likeness (QED) is 0.0987. The standard InChI is InChI=1S/C25H37N7O7/c26-10-4-3-7-18(31-24(37)19(8-9-21(28)34)30-22(35)16(27)13-33)23(36)32-20(25(38)39)11-14-12-29-17-6-2-1-5-15(14)17/h1-2,5-6,12,16,18-20,29,33H,3-4,7-11,13,26-27H2,(H2,28,34)(H,30,35)(H,31,37)(H,32,36)(H,38,39). The van der Waals surface area contributed by atoms with Crippen LogP contribution in [0.4, 0.5) is 0 Å². The van der Waals surface area contributed by atoms with E-state index in [1.807, 2.05) is 24.3 Å². The lowest BCUT2D eigenvalue weighted by Gasteiger charge is -2.25. The highest BCUT2D eigenvalue weighted by Crippen LogP contribution is 2.19. The van der Waals surface area contributed by atoms with Crippen LogP contribution in [0.25, 0.3) is 10.9 Å².